The van der Waals surface area contributed by atoms with E-state index in [1.807, 2.05) is 12.1 Å². The van der Waals surface area contributed by atoms with Crippen LogP contribution in [0.5, 0.6) is 0 Å². The number of aliphatic hydroxyl groups excluding tert-OH is 1. The molecule has 24 heavy (non-hydrogen) atoms. The molecule has 0 spiro atoms. The molecule has 0 atom stereocenters. The molecule has 2 heterocycles. The molecule has 2 rings (SSSR count). The second-order valence-electron chi connectivity index (χ2n) is 5.94. The van der Waals surface area contributed by atoms with Gasteiger partial charge in [-0.25, -0.2) is 0 Å². The van der Waals surface area contributed by atoms with Gasteiger partial charge in [0.05, 0.1) is 12.4 Å². The number of nitrogens with one attached hydrogen (secondary N) is 2. The smallest absolute Gasteiger partial charge is 0.191 e. The zero-order valence-corrected chi connectivity index (χ0v) is 16.9. The first-order valence-electron chi connectivity index (χ1n) is 8.73. The Morgan fingerprint density at radius 3 is 2.83 bits per heavy atom. The van der Waals surface area contributed by atoms with Crippen LogP contribution < -0.4 is 10.6 Å². The molecule has 1 aliphatic heterocycles. The summed E-state index contributed by atoms with van der Waals surface area (Å²) in [5.41, 5.74) is 0. The second kappa shape index (κ2) is 12.5. The van der Waals surface area contributed by atoms with E-state index in [0.29, 0.717) is 0 Å². The van der Waals surface area contributed by atoms with Gasteiger partial charge in [-0.2, -0.15) is 0 Å². The number of piperidine rings is 1. The van der Waals surface area contributed by atoms with Gasteiger partial charge in [-0.3, -0.25) is 4.99 Å². The standard InChI is InChI=1S/C17H30N4O2.HI/c1-2-18-17(20-10-6-16-5-3-14-23-16)19-9-4-11-21-12-7-15(22)8-13-21;/h3,5,14-15,22H,2,4,6-13H2,1H3,(H2,18,19,20);1H. The van der Waals surface area contributed by atoms with Gasteiger partial charge in [0.25, 0.3) is 0 Å². The summed E-state index contributed by atoms with van der Waals surface area (Å²) < 4.78 is 5.32. The van der Waals surface area contributed by atoms with E-state index >= 15 is 0 Å². The average Bonchev–Trinajstić information content (AvgIpc) is 3.06. The third-order valence-corrected chi connectivity index (χ3v) is 4.05. The Bertz CT molecular complexity index is 445. The summed E-state index contributed by atoms with van der Waals surface area (Å²) in [5.74, 6) is 1.86. The van der Waals surface area contributed by atoms with Gasteiger partial charge in [-0.05, 0) is 44.9 Å². The maximum Gasteiger partial charge on any atom is 0.191 e. The highest BCUT2D eigenvalue weighted by atomic mass is 127. The lowest BCUT2D eigenvalue weighted by atomic mass is 10.1. The number of rotatable bonds is 8. The van der Waals surface area contributed by atoms with Crippen molar-refractivity contribution >= 4 is 29.9 Å². The van der Waals surface area contributed by atoms with E-state index < -0.39 is 0 Å². The molecule has 0 radical (unpaired) electrons. The zero-order valence-electron chi connectivity index (χ0n) is 14.5. The normalized spacial score (nSPS) is 16.7. The molecule has 1 saturated heterocycles. The maximum absolute atomic E-state index is 9.51. The van der Waals surface area contributed by atoms with Gasteiger partial charge in [0, 0.05) is 39.1 Å². The molecule has 1 aliphatic rings. The third-order valence-electron chi connectivity index (χ3n) is 4.05. The van der Waals surface area contributed by atoms with E-state index in [1.54, 1.807) is 6.26 Å². The number of aliphatic hydroxyl groups is 1. The average molecular weight is 450 g/mol. The van der Waals surface area contributed by atoms with Crippen molar-refractivity contribution in [2.45, 2.75) is 38.7 Å². The first-order chi connectivity index (χ1) is 11.3. The van der Waals surface area contributed by atoms with Crippen LogP contribution >= 0.6 is 24.0 Å². The molecular formula is C17H31IN4O2. The van der Waals surface area contributed by atoms with Crippen molar-refractivity contribution in [3.8, 4) is 0 Å². The number of aliphatic imine (C=N–C) groups is 1. The van der Waals surface area contributed by atoms with Crippen LogP contribution in [0.4, 0.5) is 0 Å². The molecule has 0 saturated carbocycles. The highest BCUT2D eigenvalue weighted by Gasteiger charge is 2.15. The van der Waals surface area contributed by atoms with Crippen LogP contribution in [-0.4, -0.2) is 61.3 Å². The largest absolute Gasteiger partial charge is 0.469 e. The minimum absolute atomic E-state index is 0. The number of furan rings is 1. The van der Waals surface area contributed by atoms with Crippen LogP contribution in [0.1, 0.15) is 31.9 Å². The fraction of sp³-hybridized carbons (Fsp3) is 0.706. The predicted molar refractivity (Wildman–Crippen MR) is 108 cm³/mol. The van der Waals surface area contributed by atoms with Crippen molar-refractivity contribution in [3.05, 3.63) is 24.2 Å². The molecular weight excluding hydrogens is 419 g/mol. The highest BCUT2D eigenvalue weighted by Crippen LogP contribution is 2.09. The van der Waals surface area contributed by atoms with E-state index in [0.717, 1.165) is 76.7 Å². The Kier molecular flexibility index (Phi) is 11.1. The van der Waals surface area contributed by atoms with Gasteiger partial charge in [0.1, 0.15) is 5.76 Å². The third kappa shape index (κ3) is 8.34. The summed E-state index contributed by atoms with van der Waals surface area (Å²) in [6.07, 6.45) is 5.32. The van der Waals surface area contributed by atoms with E-state index in [1.165, 1.54) is 0 Å². The Balaban J connectivity index is 0.00000288. The Hall–Kier alpha value is -0.800. The SMILES string of the molecule is CCNC(=NCCCN1CCC(O)CC1)NCCc1ccco1.I. The Morgan fingerprint density at radius 2 is 2.17 bits per heavy atom. The number of hydrogen-bond acceptors (Lipinski definition) is 4. The molecule has 6 nitrogen and oxygen atoms in total. The maximum atomic E-state index is 9.51. The van der Waals surface area contributed by atoms with Crippen LogP contribution in [0, 0.1) is 0 Å². The van der Waals surface area contributed by atoms with Gasteiger partial charge in [0.15, 0.2) is 5.96 Å². The summed E-state index contributed by atoms with van der Waals surface area (Å²) in [4.78, 5) is 7.04. The molecule has 0 aromatic carbocycles. The molecule has 1 fully saturated rings. The van der Waals surface area contributed by atoms with Crippen LogP contribution in [0.25, 0.3) is 0 Å². The minimum Gasteiger partial charge on any atom is -0.469 e. The number of hydrogen-bond donors (Lipinski definition) is 3. The van der Waals surface area contributed by atoms with Gasteiger partial charge in [0.2, 0.25) is 0 Å². The first-order valence-corrected chi connectivity index (χ1v) is 8.73. The van der Waals surface area contributed by atoms with E-state index in [-0.39, 0.29) is 30.1 Å². The summed E-state index contributed by atoms with van der Waals surface area (Å²) in [6.45, 7) is 7.62. The molecule has 0 unspecified atom stereocenters. The van der Waals surface area contributed by atoms with Gasteiger partial charge in [-0.15, -0.1) is 24.0 Å². The van der Waals surface area contributed by atoms with Crippen molar-refractivity contribution < 1.29 is 9.52 Å². The van der Waals surface area contributed by atoms with Crippen LogP contribution in [0.3, 0.4) is 0 Å². The number of guanidine groups is 1. The quantitative estimate of drug-likeness (QED) is 0.244. The van der Waals surface area contributed by atoms with Crippen molar-refractivity contribution in [3.63, 3.8) is 0 Å². The fourth-order valence-electron chi connectivity index (χ4n) is 2.73. The highest BCUT2D eigenvalue weighted by molar-refractivity contribution is 14.0. The predicted octanol–water partition coefficient (Wildman–Crippen LogP) is 1.84. The lowest BCUT2D eigenvalue weighted by molar-refractivity contribution is 0.0824. The monoisotopic (exact) mass is 450 g/mol. The Morgan fingerprint density at radius 1 is 1.38 bits per heavy atom. The second-order valence-corrected chi connectivity index (χ2v) is 5.94. The lowest BCUT2D eigenvalue weighted by Gasteiger charge is -2.29. The van der Waals surface area contributed by atoms with Gasteiger partial charge >= 0.3 is 0 Å². The van der Waals surface area contributed by atoms with Crippen LogP contribution in [-0.2, 0) is 6.42 Å². The van der Waals surface area contributed by atoms with E-state index in [4.69, 9.17) is 4.42 Å². The van der Waals surface area contributed by atoms with Crippen molar-refractivity contribution in [2.75, 3.05) is 39.3 Å². The summed E-state index contributed by atoms with van der Waals surface area (Å²) >= 11 is 0. The van der Waals surface area contributed by atoms with Crippen LogP contribution in [0.2, 0.25) is 0 Å². The molecule has 0 aliphatic carbocycles. The number of nitrogens with zero attached hydrogens (tertiary/aromatic N) is 2. The van der Waals surface area contributed by atoms with E-state index in [9.17, 15) is 5.11 Å². The van der Waals surface area contributed by atoms with E-state index in [2.05, 4.69) is 27.4 Å². The molecule has 7 heteroatoms. The summed E-state index contributed by atoms with van der Waals surface area (Å²) in [7, 11) is 0. The molecule has 1 aromatic rings. The number of halogens is 1. The van der Waals surface area contributed by atoms with Gasteiger partial charge < -0.3 is 25.1 Å². The Labute approximate surface area is 162 Å². The lowest BCUT2D eigenvalue weighted by Crippen LogP contribution is -2.39. The van der Waals surface area contributed by atoms with Crippen molar-refractivity contribution in [1.29, 1.82) is 0 Å². The fourth-order valence-corrected chi connectivity index (χ4v) is 2.73. The molecule has 1 aromatic heterocycles. The van der Waals surface area contributed by atoms with Crippen molar-refractivity contribution in [1.82, 2.24) is 15.5 Å². The topological polar surface area (TPSA) is 73.0 Å². The molecule has 138 valence electrons. The molecule has 3 N–H and O–H groups in total. The minimum atomic E-state index is -0.0945. The van der Waals surface area contributed by atoms with Gasteiger partial charge in [-0.1, -0.05) is 0 Å². The summed E-state index contributed by atoms with van der Waals surface area (Å²) in [6, 6.07) is 3.90. The molecule has 0 amide bonds. The zero-order chi connectivity index (χ0) is 16.3. The van der Waals surface area contributed by atoms with Crippen molar-refractivity contribution in [2.24, 2.45) is 4.99 Å². The van der Waals surface area contributed by atoms with Crippen LogP contribution in [0.15, 0.2) is 27.8 Å². The molecule has 0 bridgehead atoms. The first kappa shape index (κ1) is 21.2. The number of likely N-dealkylation sites (tertiary alicyclic amines) is 1. The summed E-state index contributed by atoms with van der Waals surface area (Å²) in [5, 5.41) is 16.1.